The van der Waals surface area contributed by atoms with E-state index in [0.717, 1.165) is 38.0 Å². The fourth-order valence-corrected chi connectivity index (χ4v) is 4.57. The molecule has 0 N–H and O–H groups in total. The lowest BCUT2D eigenvalue weighted by Gasteiger charge is -2.40. The molecule has 8 nitrogen and oxygen atoms in total. The highest BCUT2D eigenvalue weighted by atomic mass is 35.5. The molecule has 2 amide bonds. The van der Waals surface area contributed by atoms with Crippen LogP contribution in [0.2, 0.25) is 5.02 Å². The summed E-state index contributed by atoms with van der Waals surface area (Å²) in [6.07, 6.45) is 1.73. The van der Waals surface area contributed by atoms with Crippen LogP contribution in [-0.4, -0.2) is 75.9 Å². The average Bonchev–Trinajstić information content (AvgIpc) is 3.27. The van der Waals surface area contributed by atoms with Gasteiger partial charge in [0.1, 0.15) is 0 Å². The molecule has 0 bridgehead atoms. The van der Waals surface area contributed by atoms with Crippen LogP contribution in [0, 0.1) is 11.3 Å². The Bertz CT molecular complexity index is 977. The zero-order chi connectivity index (χ0) is 23.6. The molecule has 1 aromatic heterocycles. The second-order valence-corrected chi connectivity index (χ2v) is 10.4. The Hall–Kier alpha value is -2.45. The minimum absolute atomic E-state index is 0.102. The van der Waals surface area contributed by atoms with Crippen molar-refractivity contribution in [1.82, 2.24) is 24.8 Å². The molecule has 1 unspecified atom stereocenters. The van der Waals surface area contributed by atoms with Crippen molar-refractivity contribution in [3.63, 3.8) is 0 Å². The van der Waals surface area contributed by atoms with Gasteiger partial charge in [0.2, 0.25) is 23.5 Å². The molecule has 33 heavy (non-hydrogen) atoms. The van der Waals surface area contributed by atoms with Crippen LogP contribution in [-0.2, 0) is 16.1 Å². The fourth-order valence-electron chi connectivity index (χ4n) is 4.45. The second-order valence-electron chi connectivity index (χ2n) is 9.96. The molecule has 0 saturated carbocycles. The standard InChI is InChI=1S/C24H32ClN5O3/c1-24(2,3)23(32)30-10-4-5-18(15-30)22(31)29-13-11-28(12-14-29)16-20-26-21(27-33-20)17-6-8-19(25)9-7-17/h6-9,18H,4-5,10-16H2,1-3H3. The smallest absolute Gasteiger partial charge is 0.241 e. The molecule has 2 aliphatic heterocycles. The van der Waals surface area contributed by atoms with Gasteiger partial charge in [0.25, 0.3) is 0 Å². The summed E-state index contributed by atoms with van der Waals surface area (Å²) in [5.41, 5.74) is 0.440. The van der Waals surface area contributed by atoms with Crippen LogP contribution < -0.4 is 0 Å². The van der Waals surface area contributed by atoms with E-state index in [4.69, 9.17) is 16.1 Å². The highest BCUT2D eigenvalue weighted by Gasteiger charge is 2.35. The number of carbonyl (C=O) groups is 2. The number of carbonyl (C=O) groups excluding carboxylic acids is 2. The van der Waals surface area contributed by atoms with Crippen LogP contribution in [0.1, 0.15) is 39.5 Å². The Morgan fingerprint density at radius 2 is 1.76 bits per heavy atom. The summed E-state index contributed by atoms with van der Waals surface area (Å²) in [5.74, 6) is 1.30. The molecule has 9 heteroatoms. The van der Waals surface area contributed by atoms with Crippen molar-refractivity contribution in [3.05, 3.63) is 35.2 Å². The number of aromatic nitrogens is 2. The van der Waals surface area contributed by atoms with Crippen LogP contribution in [0.3, 0.4) is 0 Å². The molecule has 2 aromatic rings. The van der Waals surface area contributed by atoms with Gasteiger partial charge >= 0.3 is 0 Å². The first-order valence-electron chi connectivity index (χ1n) is 11.6. The van der Waals surface area contributed by atoms with Gasteiger partial charge in [-0.3, -0.25) is 14.5 Å². The maximum absolute atomic E-state index is 13.1. The predicted octanol–water partition coefficient (Wildman–Crippen LogP) is 3.32. The molecule has 3 heterocycles. The van der Waals surface area contributed by atoms with E-state index in [0.29, 0.717) is 42.9 Å². The van der Waals surface area contributed by atoms with Crippen molar-refractivity contribution in [1.29, 1.82) is 0 Å². The van der Waals surface area contributed by atoms with Crippen molar-refractivity contribution in [2.45, 2.75) is 40.2 Å². The number of amides is 2. The topological polar surface area (TPSA) is 82.8 Å². The largest absolute Gasteiger partial charge is 0.341 e. The molecule has 2 saturated heterocycles. The monoisotopic (exact) mass is 473 g/mol. The van der Waals surface area contributed by atoms with Gasteiger partial charge in [-0.25, -0.2) is 0 Å². The number of halogens is 1. The van der Waals surface area contributed by atoms with Crippen LogP contribution in [0.25, 0.3) is 11.4 Å². The lowest BCUT2D eigenvalue weighted by molar-refractivity contribution is -0.146. The van der Waals surface area contributed by atoms with E-state index in [2.05, 4.69) is 15.0 Å². The first-order chi connectivity index (χ1) is 15.7. The van der Waals surface area contributed by atoms with Crippen LogP contribution in [0.4, 0.5) is 0 Å². The zero-order valence-electron chi connectivity index (χ0n) is 19.6. The van der Waals surface area contributed by atoms with Gasteiger partial charge in [-0.05, 0) is 37.1 Å². The van der Waals surface area contributed by atoms with Gasteiger partial charge in [-0.15, -0.1) is 0 Å². The van der Waals surface area contributed by atoms with Gasteiger partial charge in [0, 0.05) is 55.3 Å². The van der Waals surface area contributed by atoms with Crippen molar-refractivity contribution < 1.29 is 14.1 Å². The summed E-state index contributed by atoms with van der Waals surface area (Å²) in [4.78, 5) is 36.3. The third-order valence-electron chi connectivity index (χ3n) is 6.31. The minimum atomic E-state index is -0.418. The zero-order valence-corrected chi connectivity index (χ0v) is 20.3. The highest BCUT2D eigenvalue weighted by Crippen LogP contribution is 2.25. The number of benzene rings is 1. The van der Waals surface area contributed by atoms with Crippen LogP contribution >= 0.6 is 11.6 Å². The quantitative estimate of drug-likeness (QED) is 0.677. The Balaban J connectivity index is 1.28. The summed E-state index contributed by atoms with van der Waals surface area (Å²) in [6, 6.07) is 7.33. The molecule has 1 atom stereocenters. The van der Waals surface area contributed by atoms with Crippen molar-refractivity contribution in [2.24, 2.45) is 11.3 Å². The summed E-state index contributed by atoms with van der Waals surface area (Å²) >= 11 is 5.94. The van der Waals surface area contributed by atoms with Gasteiger partial charge in [-0.1, -0.05) is 37.5 Å². The van der Waals surface area contributed by atoms with Crippen LogP contribution in [0.5, 0.6) is 0 Å². The van der Waals surface area contributed by atoms with Crippen LogP contribution in [0.15, 0.2) is 28.8 Å². The second kappa shape index (κ2) is 9.81. The first-order valence-corrected chi connectivity index (χ1v) is 12.0. The average molecular weight is 474 g/mol. The molecule has 4 rings (SSSR count). The van der Waals surface area contributed by atoms with E-state index in [9.17, 15) is 9.59 Å². The number of likely N-dealkylation sites (tertiary alicyclic amines) is 1. The van der Waals surface area contributed by atoms with E-state index in [1.54, 1.807) is 12.1 Å². The normalized spacial score (nSPS) is 20.2. The van der Waals surface area contributed by atoms with E-state index >= 15 is 0 Å². The number of nitrogens with zero attached hydrogens (tertiary/aromatic N) is 5. The third kappa shape index (κ3) is 5.73. The molecule has 0 radical (unpaired) electrons. The maximum Gasteiger partial charge on any atom is 0.241 e. The third-order valence-corrected chi connectivity index (χ3v) is 6.56. The number of rotatable bonds is 4. The van der Waals surface area contributed by atoms with Crippen molar-refractivity contribution in [2.75, 3.05) is 39.3 Å². The number of hydrogen-bond donors (Lipinski definition) is 0. The predicted molar refractivity (Wildman–Crippen MR) is 125 cm³/mol. The summed E-state index contributed by atoms with van der Waals surface area (Å²) < 4.78 is 5.43. The van der Waals surface area contributed by atoms with E-state index in [1.807, 2.05) is 42.7 Å². The van der Waals surface area contributed by atoms with Gasteiger partial charge in [0.05, 0.1) is 12.5 Å². The van der Waals surface area contributed by atoms with E-state index < -0.39 is 5.41 Å². The summed E-state index contributed by atoms with van der Waals surface area (Å²) in [5, 5.41) is 4.74. The number of hydrogen-bond acceptors (Lipinski definition) is 6. The lowest BCUT2D eigenvalue weighted by Crippen LogP contribution is -2.53. The van der Waals surface area contributed by atoms with E-state index in [-0.39, 0.29) is 17.7 Å². The molecule has 0 spiro atoms. The lowest BCUT2D eigenvalue weighted by atomic mass is 9.90. The molecule has 1 aromatic carbocycles. The molecule has 2 fully saturated rings. The van der Waals surface area contributed by atoms with E-state index in [1.165, 1.54) is 0 Å². The highest BCUT2D eigenvalue weighted by molar-refractivity contribution is 6.30. The molecule has 2 aliphatic rings. The molecule has 178 valence electrons. The Labute approximate surface area is 199 Å². The number of piperidine rings is 1. The Kier molecular flexibility index (Phi) is 7.05. The maximum atomic E-state index is 13.1. The minimum Gasteiger partial charge on any atom is -0.341 e. The molecule has 0 aliphatic carbocycles. The Morgan fingerprint density at radius 3 is 2.42 bits per heavy atom. The SMILES string of the molecule is CC(C)(C)C(=O)N1CCCC(C(=O)N2CCN(Cc3nc(-c4ccc(Cl)cc4)no3)CC2)C1. The van der Waals surface area contributed by atoms with Crippen molar-refractivity contribution in [3.8, 4) is 11.4 Å². The van der Waals surface area contributed by atoms with Gasteiger partial charge < -0.3 is 14.3 Å². The first kappa shape index (κ1) is 23.7. The number of piperazine rings is 1. The summed E-state index contributed by atoms with van der Waals surface area (Å²) in [6.45, 7) is 10.5. The van der Waals surface area contributed by atoms with Crippen molar-refractivity contribution >= 4 is 23.4 Å². The summed E-state index contributed by atoms with van der Waals surface area (Å²) in [7, 11) is 0. The molecular weight excluding hydrogens is 442 g/mol. The van der Waals surface area contributed by atoms with Gasteiger partial charge in [0.15, 0.2) is 0 Å². The van der Waals surface area contributed by atoms with Gasteiger partial charge in [-0.2, -0.15) is 4.98 Å². The fraction of sp³-hybridized carbons (Fsp3) is 0.583. The molecular formula is C24H32ClN5O3. The Morgan fingerprint density at radius 1 is 1.06 bits per heavy atom.